The Morgan fingerprint density at radius 3 is 2.63 bits per heavy atom. The van der Waals surface area contributed by atoms with Crippen LogP contribution >= 0.6 is 0 Å². The lowest BCUT2D eigenvalue weighted by atomic mass is 10.1. The van der Waals surface area contributed by atoms with Crippen molar-refractivity contribution < 1.29 is 14.1 Å². The molecule has 3 heterocycles. The van der Waals surface area contributed by atoms with E-state index in [9.17, 15) is 4.79 Å². The summed E-state index contributed by atoms with van der Waals surface area (Å²) in [4.78, 5) is 18.8. The zero-order valence-corrected chi connectivity index (χ0v) is 15.2. The highest BCUT2D eigenvalue weighted by Crippen LogP contribution is 2.23. The number of ether oxygens (including phenoxy) is 1. The number of amides is 1. The van der Waals surface area contributed by atoms with Gasteiger partial charge in [0, 0.05) is 43.3 Å². The zero-order valence-electron chi connectivity index (χ0n) is 15.2. The van der Waals surface area contributed by atoms with Gasteiger partial charge >= 0.3 is 0 Å². The fourth-order valence-electron chi connectivity index (χ4n) is 3.17. The number of aromatic nitrogens is 2. The molecule has 0 radical (unpaired) electrons. The molecule has 1 aliphatic rings. The predicted molar refractivity (Wildman–Crippen MR) is 100 cm³/mol. The number of nitrogens with zero attached hydrogens (tertiary/aromatic N) is 3. The second kappa shape index (κ2) is 7.61. The number of likely N-dealkylation sites (tertiary alicyclic amines) is 1. The molecule has 27 heavy (non-hydrogen) atoms. The lowest BCUT2D eigenvalue weighted by molar-refractivity contribution is 0.0585. The number of hydrogen-bond acceptors (Lipinski definition) is 5. The molecule has 0 unspecified atom stereocenters. The zero-order chi connectivity index (χ0) is 18.6. The molecule has 0 N–H and O–H groups in total. The van der Waals surface area contributed by atoms with Gasteiger partial charge in [-0.1, -0.05) is 35.5 Å². The summed E-state index contributed by atoms with van der Waals surface area (Å²) in [6, 6.07) is 15.2. The number of aryl methyl sites for hydroxylation is 1. The smallest absolute Gasteiger partial charge is 0.276 e. The summed E-state index contributed by atoms with van der Waals surface area (Å²) in [5.74, 6) is 1.27. The number of carbonyl (C=O) groups is 1. The van der Waals surface area contributed by atoms with Crippen molar-refractivity contribution in [2.45, 2.75) is 25.9 Å². The normalized spacial score (nSPS) is 14.9. The Hall–Kier alpha value is -3.15. The highest BCUT2D eigenvalue weighted by Gasteiger charge is 2.26. The molecule has 6 heteroatoms. The summed E-state index contributed by atoms with van der Waals surface area (Å²) >= 11 is 0. The third kappa shape index (κ3) is 4.00. The SMILES string of the molecule is Cc1ccc(OC2CCN(C(=O)c3cc(-c4ccccc4)on3)CC2)cn1. The van der Waals surface area contributed by atoms with Crippen molar-refractivity contribution in [2.75, 3.05) is 13.1 Å². The average molecular weight is 363 g/mol. The summed E-state index contributed by atoms with van der Waals surface area (Å²) in [7, 11) is 0. The van der Waals surface area contributed by atoms with Gasteiger partial charge in [-0.3, -0.25) is 9.78 Å². The van der Waals surface area contributed by atoms with Gasteiger partial charge < -0.3 is 14.2 Å². The van der Waals surface area contributed by atoms with E-state index in [1.807, 2.05) is 49.4 Å². The number of pyridine rings is 1. The molecule has 1 saturated heterocycles. The molecular weight excluding hydrogens is 342 g/mol. The van der Waals surface area contributed by atoms with Gasteiger partial charge in [0.05, 0.1) is 6.20 Å². The summed E-state index contributed by atoms with van der Waals surface area (Å²) in [5, 5.41) is 3.96. The van der Waals surface area contributed by atoms with Crippen LogP contribution in [0.25, 0.3) is 11.3 Å². The first-order valence-corrected chi connectivity index (χ1v) is 9.10. The lowest BCUT2D eigenvalue weighted by Crippen LogP contribution is -2.41. The lowest BCUT2D eigenvalue weighted by Gasteiger charge is -2.31. The van der Waals surface area contributed by atoms with Gasteiger partial charge in [-0.25, -0.2) is 0 Å². The van der Waals surface area contributed by atoms with Crippen LogP contribution in [0.15, 0.2) is 59.3 Å². The predicted octanol–water partition coefficient (Wildman–Crippen LogP) is 3.73. The highest BCUT2D eigenvalue weighted by molar-refractivity contribution is 5.93. The second-order valence-electron chi connectivity index (χ2n) is 6.69. The van der Waals surface area contributed by atoms with Crippen LogP contribution < -0.4 is 4.74 Å². The maximum absolute atomic E-state index is 12.7. The van der Waals surface area contributed by atoms with E-state index in [-0.39, 0.29) is 12.0 Å². The second-order valence-corrected chi connectivity index (χ2v) is 6.69. The molecule has 138 valence electrons. The first-order chi connectivity index (χ1) is 13.2. The fourth-order valence-corrected chi connectivity index (χ4v) is 3.17. The van der Waals surface area contributed by atoms with Gasteiger partial charge in [0.25, 0.3) is 5.91 Å². The molecule has 3 aromatic rings. The van der Waals surface area contributed by atoms with E-state index < -0.39 is 0 Å². The molecule has 1 aliphatic heterocycles. The maximum Gasteiger partial charge on any atom is 0.276 e. The van der Waals surface area contributed by atoms with Crippen LogP contribution in [0.4, 0.5) is 0 Å². The van der Waals surface area contributed by atoms with Crippen molar-refractivity contribution in [1.82, 2.24) is 15.0 Å². The minimum Gasteiger partial charge on any atom is -0.489 e. The topological polar surface area (TPSA) is 68.5 Å². The van der Waals surface area contributed by atoms with E-state index >= 15 is 0 Å². The Morgan fingerprint density at radius 1 is 1.15 bits per heavy atom. The van der Waals surface area contributed by atoms with Crippen molar-refractivity contribution in [3.8, 4) is 17.1 Å². The molecule has 4 rings (SSSR count). The van der Waals surface area contributed by atoms with E-state index in [1.165, 1.54) is 0 Å². The van der Waals surface area contributed by atoms with E-state index in [4.69, 9.17) is 9.26 Å². The summed E-state index contributed by atoms with van der Waals surface area (Å²) in [5.41, 5.74) is 2.21. The molecule has 0 aliphatic carbocycles. The number of benzene rings is 1. The molecule has 1 fully saturated rings. The minimum atomic E-state index is -0.101. The fraction of sp³-hybridized carbons (Fsp3) is 0.286. The van der Waals surface area contributed by atoms with Crippen LogP contribution in [0.5, 0.6) is 5.75 Å². The first-order valence-electron chi connectivity index (χ1n) is 9.10. The van der Waals surface area contributed by atoms with E-state index in [2.05, 4.69) is 10.1 Å². The number of hydrogen-bond donors (Lipinski definition) is 0. The standard InChI is InChI=1S/C21H21N3O3/c1-15-7-8-18(14-22-15)26-17-9-11-24(12-10-17)21(25)19-13-20(27-23-19)16-5-3-2-4-6-16/h2-8,13-14,17H,9-12H2,1H3. The summed E-state index contributed by atoms with van der Waals surface area (Å²) in [6.07, 6.45) is 3.40. The average Bonchev–Trinajstić information content (AvgIpc) is 3.21. The molecule has 0 saturated carbocycles. The molecule has 0 atom stereocenters. The van der Waals surface area contributed by atoms with Crippen LogP contribution in [-0.4, -0.2) is 40.1 Å². The largest absolute Gasteiger partial charge is 0.489 e. The van der Waals surface area contributed by atoms with Gasteiger partial charge in [0.1, 0.15) is 11.9 Å². The molecule has 1 aromatic carbocycles. The molecule has 1 amide bonds. The van der Waals surface area contributed by atoms with Crippen molar-refractivity contribution in [2.24, 2.45) is 0 Å². The van der Waals surface area contributed by atoms with Crippen LogP contribution in [0.3, 0.4) is 0 Å². The molecule has 0 bridgehead atoms. The van der Waals surface area contributed by atoms with Crippen molar-refractivity contribution in [3.63, 3.8) is 0 Å². The summed E-state index contributed by atoms with van der Waals surface area (Å²) in [6.45, 7) is 3.22. The van der Waals surface area contributed by atoms with Crippen molar-refractivity contribution in [3.05, 3.63) is 66.1 Å². The van der Waals surface area contributed by atoms with E-state index in [0.717, 1.165) is 29.8 Å². The van der Waals surface area contributed by atoms with Gasteiger partial charge in [-0.15, -0.1) is 0 Å². The Labute approximate surface area is 157 Å². The van der Waals surface area contributed by atoms with E-state index in [1.54, 1.807) is 17.2 Å². The van der Waals surface area contributed by atoms with Gasteiger partial charge in [0.15, 0.2) is 11.5 Å². The third-order valence-electron chi connectivity index (χ3n) is 4.70. The van der Waals surface area contributed by atoms with Crippen LogP contribution in [0.1, 0.15) is 29.0 Å². The van der Waals surface area contributed by atoms with E-state index in [0.29, 0.717) is 24.5 Å². The highest BCUT2D eigenvalue weighted by atomic mass is 16.5. The quantitative estimate of drug-likeness (QED) is 0.706. The molecule has 2 aromatic heterocycles. The number of carbonyl (C=O) groups excluding carboxylic acids is 1. The number of rotatable bonds is 4. The van der Waals surface area contributed by atoms with Gasteiger partial charge in [0.2, 0.25) is 0 Å². The monoisotopic (exact) mass is 363 g/mol. The minimum absolute atomic E-state index is 0.0933. The molecular formula is C21H21N3O3. The van der Waals surface area contributed by atoms with Crippen molar-refractivity contribution >= 4 is 5.91 Å². The Balaban J connectivity index is 1.35. The Bertz CT molecular complexity index is 898. The van der Waals surface area contributed by atoms with Crippen LogP contribution in [-0.2, 0) is 0 Å². The summed E-state index contributed by atoms with van der Waals surface area (Å²) < 4.78 is 11.3. The Kier molecular flexibility index (Phi) is 4.87. The third-order valence-corrected chi connectivity index (χ3v) is 4.70. The van der Waals surface area contributed by atoms with Crippen LogP contribution in [0.2, 0.25) is 0 Å². The maximum atomic E-state index is 12.7. The molecule has 0 spiro atoms. The first kappa shape index (κ1) is 17.3. The van der Waals surface area contributed by atoms with Crippen molar-refractivity contribution in [1.29, 1.82) is 0 Å². The van der Waals surface area contributed by atoms with Crippen LogP contribution in [0, 0.1) is 6.92 Å². The Morgan fingerprint density at radius 2 is 1.93 bits per heavy atom. The number of piperidine rings is 1. The van der Waals surface area contributed by atoms with Gasteiger partial charge in [-0.2, -0.15) is 0 Å². The van der Waals surface area contributed by atoms with Gasteiger partial charge in [-0.05, 0) is 19.1 Å². The molecule has 6 nitrogen and oxygen atoms in total.